The maximum absolute atomic E-state index is 5.14. The second-order valence-electron chi connectivity index (χ2n) is 4.85. The predicted octanol–water partition coefficient (Wildman–Crippen LogP) is 6.38. The summed E-state index contributed by atoms with van der Waals surface area (Å²) in [5.74, 6) is 2.48. The molecule has 0 aliphatic heterocycles. The summed E-state index contributed by atoms with van der Waals surface area (Å²) in [4.78, 5) is 1.48. The Morgan fingerprint density at radius 3 is 2.05 bits per heavy atom. The molecule has 2 rings (SSSR count). The van der Waals surface area contributed by atoms with E-state index in [9.17, 15) is 0 Å². The van der Waals surface area contributed by atoms with E-state index in [0.717, 1.165) is 12.2 Å². The molecule has 0 N–H and O–H groups in total. The lowest BCUT2D eigenvalue weighted by atomic mass is 10.1. The summed E-state index contributed by atoms with van der Waals surface area (Å²) in [6, 6.07) is 8.22. The number of rotatable bonds is 3. The minimum atomic E-state index is 0.691. The Morgan fingerprint density at radius 1 is 1.05 bits per heavy atom. The molecule has 1 nitrogen and oxygen atoms in total. The summed E-state index contributed by atoms with van der Waals surface area (Å²) in [5, 5.41) is 2.12. The van der Waals surface area contributed by atoms with Crippen LogP contribution < -0.4 is 0 Å². The Labute approximate surface area is 122 Å². The first kappa shape index (κ1) is 18.0. The molecular formula is C17H28OS. The Kier molecular flexibility index (Phi) is 10.3. The summed E-state index contributed by atoms with van der Waals surface area (Å²) >= 11 is 1.83. The van der Waals surface area contributed by atoms with E-state index in [-0.39, 0.29) is 0 Å². The van der Waals surface area contributed by atoms with Crippen LogP contribution in [0.5, 0.6) is 0 Å². The highest BCUT2D eigenvalue weighted by molar-refractivity contribution is 7.10. The van der Waals surface area contributed by atoms with Gasteiger partial charge < -0.3 is 4.42 Å². The van der Waals surface area contributed by atoms with E-state index in [4.69, 9.17) is 4.42 Å². The highest BCUT2D eigenvalue weighted by Gasteiger charge is 1.97. The number of thiophene rings is 1. The normalized spacial score (nSPS) is 9.68. The molecule has 2 heteroatoms. The largest absolute Gasteiger partial charge is 0.469 e. The van der Waals surface area contributed by atoms with Crippen LogP contribution in [-0.2, 0) is 6.42 Å². The second-order valence-corrected chi connectivity index (χ2v) is 5.83. The van der Waals surface area contributed by atoms with Gasteiger partial charge in [0.25, 0.3) is 0 Å². The van der Waals surface area contributed by atoms with Crippen LogP contribution in [0.1, 0.15) is 58.1 Å². The smallest absolute Gasteiger partial charge is 0.104 e. The van der Waals surface area contributed by atoms with Crippen LogP contribution in [0.2, 0.25) is 0 Å². The van der Waals surface area contributed by atoms with Crippen molar-refractivity contribution in [1.82, 2.24) is 0 Å². The Balaban J connectivity index is 0.000000303. The zero-order valence-electron chi connectivity index (χ0n) is 13.1. The molecule has 0 fully saturated rings. The summed E-state index contributed by atoms with van der Waals surface area (Å²) in [5.41, 5.74) is 0. The number of furan rings is 1. The minimum Gasteiger partial charge on any atom is -0.469 e. The van der Waals surface area contributed by atoms with Gasteiger partial charge in [0.1, 0.15) is 5.76 Å². The van der Waals surface area contributed by atoms with Crippen LogP contribution in [0.25, 0.3) is 0 Å². The van der Waals surface area contributed by atoms with Crippen molar-refractivity contribution in [1.29, 1.82) is 0 Å². The fourth-order valence-electron chi connectivity index (χ4n) is 1.45. The van der Waals surface area contributed by atoms with Crippen molar-refractivity contribution in [2.75, 3.05) is 0 Å². The molecule has 2 aromatic heterocycles. The molecule has 0 atom stereocenters. The molecule has 0 saturated carbocycles. The monoisotopic (exact) mass is 280 g/mol. The lowest BCUT2D eigenvalue weighted by molar-refractivity contribution is 0.472. The quantitative estimate of drug-likeness (QED) is 0.636. The standard InChI is InChI=1S/C8H12O.C7H10S.C2H6/c1-7(2)6-8-4-3-5-9-8;1-6(2)7-4-3-5-8-7;1-2/h3-5,7H,6H2,1-2H3;3-6H,1-2H3;1-2H3. The molecule has 0 bridgehead atoms. The van der Waals surface area contributed by atoms with Crippen molar-refractivity contribution in [3.63, 3.8) is 0 Å². The SMILES string of the molecule is CC.CC(C)Cc1ccco1.CC(C)c1cccs1. The predicted molar refractivity (Wildman–Crippen MR) is 87.0 cm³/mol. The van der Waals surface area contributed by atoms with Crippen molar-refractivity contribution in [3.05, 3.63) is 46.5 Å². The lowest BCUT2D eigenvalue weighted by Crippen LogP contribution is -1.90. The summed E-state index contributed by atoms with van der Waals surface area (Å²) in [7, 11) is 0. The van der Waals surface area contributed by atoms with E-state index >= 15 is 0 Å². The molecule has 0 saturated heterocycles. The minimum absolute atomic E-state index is 0.691. The zero-order chi connectivity index (χ0) is 14.7. The van der Waals surface area contributed by atoms with E-state index in [1.807, 2.05) is 37.3 Å². The molecule has 0 aliphatic rings. The van der Waals surface area contributed by atoms with Crippen molar-refractivity contribution in [2.24, 2.45) is 5.92 Å². The van der Waals surface area contributed by atoms with Gasteiger partial charge in [-0.25, -0.2) is 0 Å². The van der Waals surface area contributed by atoms with E-state index in [1.165, 1.54) is 4.88 Å². The van der Waals surface area contributed by atoms with Gasteiger partial charge in [0.05, 0.1) is 6.26 Å². The molecule has 19 heavy (non-hydrogen) atoms. The van der Waals surface area contributed by atoms with Crippen LogP contribution in [0.15, 0.2) is 40.3 Å². The van der Waals surface area contributed by atoms with Gasteiger partial charge in [0.15, 0.2) is 0 Å². The fourth-order valence-corrected chi connectivity index (χ4v) is 2.19. The highest BCUT2D eigenvalue weighted by atomic mass is 32.1. The van der Waals surface area contributed by atoms with Gasteiger partial charge in [-0.15, -0.1) is 11.3 Å². The maximum Gasteiger partial charge on any atom is 0.104 e. The van der Waals surface area contributed by atoms with E-state index < -0.39 is 0 Å². The van der Waals surface area contributed by atoms with Gasteiger partial charge in [0, 0.05) is 11.3 Å². The molecule has 0 aromatic carbocycles. The Bertz CT molecular complexity index is 371. The van der Waals surface area contributed by atoms with Crippen LogP contribution in [0.4, 0.5) is 0 Å². The van der Waals surface area contributed by atoms with Crippen LogP contribution in [0.3, 0.4) is 0 Å². The average molecular weight is 280 g/mol. The molecule has 0 amide bonds. The van der Waals surface area contributed by atoms with Crippen molar-refractivity contribution in [3.8, 4) is 0 Å². The molecule has 2 aromatic rings. The lowest BCUT2D eigenvalue weighted by Gasteiger charge is -1.97. The van der Waals surface area contributed by atoms with Gasteiger partial charge in [-0.1, -0.05) is 47.6 Å². The van der Waals surface area contributed by atoms with Crippen LogP contribution in [0, 0.1) is 5.92 Å². The topological polar surface area (TPSA) is 13.1 Å². The van der Waals surface area contributed by atoms with Crippen molar-refractivity contribution in [2.45, 2.75) is 53.9 Å². The fraction of sp³-hybridized carbons (Fsp3) is 0.529. The first-order chi connectivity index (χ1) is 9.09. The third kappa shape index (κ3) is 8.66. The van der Waals surface area contributed by atoms with Gasteiger partial charge in [-0.2, -0.15) is 0 Å². The number of hydrogen-bond donors (Lipinski definition) is 0. The summed E-state index contributed by atoms with van der Waals surface area (Å²) in [6.07, 6.45) is 2.77. The third-order valence-corrected chi connectivity index (χ3v) is 3.47. The average Bonchev–Trinajstić information content (AvgIpc) is 3.03. The van der Waals surface area contributed by atoms with E-state index in [0.29, 0.717) is 11.8 Å². The van der Waals surface area contributed by atoms with Crippen molar-refractivity contribution >= 4 is 11.3 Å². The maximum atomic E-state index is 5.14. The van der Waals surface area contributed by atoms with Crippen molar-refractivity contribution < 1.29 is 4.42 Å². The van der Waals surface area contributed by atoms with Gasteiger partial charge in [0.2, 0.25) is 0 Å². The first-order valence-corrected chi connectivity index (χ1v) is 8.03. The molecule has 0 unspecified atom stereocenters. The van der Waals surface area contributed by atoms with Gasteiger partial charge >= 0.3 is 0 Å². The molecule has 0 radical (unpaired) electrons. The molecule has 108 valence electrons. The number of hydrogen-bond acceptors (Lipinski definition) is 2. The van der Waals surface area contributed by atoms with Gasteiger partial charge in [-0.3, -0.25) is 0 Å². The molecule has 0 spiro atoms. The summed E-state index contributed by atoms with van der Waals surface area (Å²) < 4.78 is 5.14. The Hall–Kier alpha value is -1.02. The first-order valence-electron chi connectivity index (χ1n) is 7.15. The Morgan fingerprint density at radius 2 is 1.74 bits per heavy atom. The van der Waals surface area contributed by atoms with Gasteiger partial charge in [-0.05, 0) is 35.4 Å². The molecular weight excluding hydrogens is 252 g/mol. The van der Waals surface area contributed by atoms with Crippen LogP contribution >= 0.6 is 11.3 Å². The van der Waals surface area contributed by atoms with E-state index in [1.54, 1.807) is 6.26 Å². The van der Waals surface area contributed by atoms with E-state index in [2.05, 4.69) is 45.2 Å². The highest BCUT2D eigenvalue weighted by Crippen LogP contribution is 2.18. The molecule has 0 aliphatic carbocycles. The molecule has 2 heterocycles. The summed E-state index contributed by atoms with van der Waals surface area (Å²) in [6.45, 7) is 12.8. The zero-order valence-corrected chi connectivity index (χ0v) is 14.0. The van der Waals surface area contributed by atoms with Crippen LogP contribution in [-0.4, -0.2) is 0 Å². The second kappa shape index (κ2) is 10.9. The third-order valence-electron chi connectivity index (χ3n) is 2.30.